The fourth-order valence-electron chi connectivity index (χ4n) is 9.78. The summed E-state index contributed by atoms with van der Waals surface area (Å²) in [6.45, 7) is 12.7. The normalized spacial score (nSPS) is 19.3. The number of carbonyl (C=O) groups excluding carboxylic acids is 2. The summed E-state index contributed by atoms with van der Waals surface area (Å²) in [5.41, 5.74) is 5.20. The summed E-state index contributed by atoms with van der Waals surface area (Å²) in [7, 11) is -1.12. The number of methoxy groups -OCH3 is 1. The maximum absolute atomic E-state index is 15.2. The van der Waals surface area contributed by atoms with Crippen LogP contribution in [-0.2, 0) is 20.6 Å². The average Bonchev–Trinajstić information content (AvgIpc) is 3.27. The highest BCUT2D eigenvalue weighted by Crippen LogP contribution is 2.42. The van der Waals surface area contributed by atoms with Crippen LogP contribution in [0.25, 0.3) is 11.0 Å². The third-order valence-corrected chi connectivity index (χ3v) is 15.4. The lowest BCUT2D eigenvalue weighted by atomic mass is 9.89. The molecular formula is C46H53BrF2N11O4P. The molecule has 4 aliphatic rings. The zero-order chi connectivity index (χ0) is 45.6. The molecule has 1 unspecified atom stereocenters. The number of fused-ring (bicyclic) bond motifs is 1. The van der Waals surface area contributed by atoms with Crippen molar-refractivity contribution in [1.82, 2.24) is 35.1 Å². The number of carbonyl (C=O) groups is 2. The molecule has 0 aliphatic carbocycles. The molecule has 4 fully saturated rings. The van der Waals surface area contributed by atoms with E-state index in [-0.39, 0.29) is 18.4 Å². The number of nitrogens with zero attached hydrogens (tertiary/aromatic N) is 8. The summed E-state index contributed by atoms with van der Waals surface area (Å²) in [5.74, 6) is -2.03. The molecule has 9 rings (SSSR count). The van der Waals surface area contributed by atoms with Crippen molar-refractivity contribution in [2.45, 2.75) is 57.0 Å². The third kappa shape index (κ3) is 9.27. The molecule has 4 saturated heterocycles. The SMILES string of the molecule is CCc1cc(Nc2ncc(Br)c(Nc3ccc4nccnc4c3P(C)(C)=O)n2)c(OC)cc1N1CCC(N2CCN(C3CN(c4cc(F)c(C5CCC(=O)NC5=O)c(F)c4)C3)CC2)CC1. The summed E-state index contributed by atoms with van der Waals surface area (Å²) < 4.78 is 50.5. The Hall–Kier alpha value is -5.29. The standard InChI is InChI=1S/C46H53BrF2N11O4P/c1-5-27-20-37(54-46-52-24-32(47)44(56-46)53-36-8-7-35-42(51-13-12-50-35)43(36)65(3,4)63)39(64-2)23-38(27)59-14-10-28(11-15-59)57-16-18-58(19-17-57)30-25-60(26-30)29-21-33(48)41(34(49)22-29)31-6-9-40(61)55-45(31)62/h7-8,12-13,20-24,28,30-31H,5-6,9-11,14-19,25-26H2,1-4H3,(H,55,61,62)(H2,52,53,54,56). The average molecular weight is 973 g/mol. The van der Waals surface area contributed by atoms with Gasteiger partial charge in [-0.2, -0.15) is 4.98 Å². The zero-order valence-corrected chi connectivity index (χ0v) is 39.4. The monoisotopic (exact) mass is 971 g/mol. The van der Waals surface area contributed by atoms with Gasteiger partial charge in [-0.05, 0) is 90.8 Å². The van der Waals surface area contributed by atoms with E-state index in [1.807, 2.05) is 17.0 Å². The van der Waals surface area contributed by atoms with Crippen molar-refractivity contribution in [2.24, 2.45) is 0 Å². The molecule has 0 radical (unpaired) electrons. The van der Waals surface area contributed by atoms with Crippen LogP contribution in [-0.4, -0.2) is 126 Å². The number of imide groups is 1. The van der Waals surface area contributed by atoms with E-state index in [0.717, 1.165) is 69.9 Å². The Morgan fingerprint density at radius 2 is 1.55 bits per heavy atom. The van der Waals surface area contributed by atoms with E-state index < -0.39 is 36.5 Å². The fourth-order valence-corrected chi connectivity index (χ4v) is 11.5. The van der Waals surface area contributed by atoms with E-state index in [2.05, 4.69) is 80.6 Å². The van der Waals surface area contributed by atoms with Crippen LogP contribution in [0.4, 0.5) is 43.3 Å². The predicted molar refractivity (Wildman–Crippen MR) is 253 cm³/mol. The Morgan fingerprint density at radius 3 is 2.22 bits per heavy atom. The molecule has 0 bridgehead atoms. The molecule has 3 aromatic carbocycles. The lowest BCUT2D eigenvalue weighted by Gasteiger charge is -2.50. The minimum atomic E-state index is -2.79. The van der Waals surface area contributed by atoms with Crippen LogP contribution in [0, 0.1) is 11.6 Å². The van der Waals surface area contributed by atoms with Gasteiger partial charge in [-0.1, -0.05) is 6.92 Å². The first kappa shape index (κ1) is 44.9. The highest BCUT2D eigenvalue weighted by atomic mass is 79.9. The number of aromatic nitrogens is 4. The quantitative estimate of drug-likeness (QED) is 0.0889. The number of benzene rings is 3. The second-order valence-corrected chi connectivity index (χ2v) is 21.6. The summed E-state index contributed by atoms with van der Waals surface area (Å²) in [4.78, 5) is 51.7. The lowest BCUT2D eigenvalue weighted by molar-refractivity contribution is -0.134. The van der Waals surface area contributed by atoms with E-state index in [1.165, 1.54) is 17.7 Å². The van der Waals surface area contributed by atoms with Crippen LogP contribution in [0.15, 0.2) is 59.5 Å². The van der Waals surface area contributed by atoms with Crippen LogP contribution in [0.1, 0.15) is 49.7 Å². The number of halogens is 3. The van der Waals surface area contributed by atoms with Gasteiger partial charge >= 0.3 is 0 Å². The number of hydrogen-bond acceptors (Lipinski definition) is 14. The summed E-state index contributed by atoms with van der Waals surface area (Å²) in [5, 5.41) is 9.56. The Kier molecular flexibility index (Phi) is 12.8. The highest BCUT2D eigenvalue weighted by molar-refractivity contribution is 9.10. The van der Waals surface area contributed by atoms with E-state index >= 15 is 8.78 Å². The van der Waals surface area contributed by atoms with Crippen LogP contribution in [0.5, 0.6) is 5.75 Å². The van der Waals surface area contributed by atoms with Gasteiger partial charge in [0.25, 0.3) is 0 Å². The zero-order valence-electron chi connectivity index (χ0n) is 36.9. The second-order valence-electron chi connectivity index (χ2n) is 17.6. The van der Waals surface area contributed by atoms with Crippen molar-refractivity contribution >= 4 is 85.7 Å². The number of anilines is 6. The molecule has 2 aromatic heterocycles. The topological polar surface area (TPSA) is 161 Å². The molecule has 15 nitrogen and oxygen atoms in total. The Morgan fingerprint density at radius 1 is 0.862 bits per heavy atom. The van der Waals surface area contributed by atoms with Crippen molar-refractivity contribution in [3.63, 3.8) is 0 Å². The summed E-state index contributed by atoms with van der Waals surface area (Å²) >= 11 is 3.59. The highest BCUT2D eigenvalue weighted by Gasteiger charge is 2.38. The molecule has 6 heterocycles. The van der Waals surface area contributed by atoms with Crippen molar-refractivity contribution in [2.75, 3.05) is 93.2 Å². The van der Waals surface area contributed by atoms with E-state index in [1.54, 1.807) is 39.0 Å². The van der Waals surface area contributed by atoms with Crippen LogP contribution in [0.2, 0.25) is 0 Å². The van der Waals surface area contributed by atoms with Crippen LogP contribution < -0.4 is 35.8 Å². The van der Waals surface area contributed by atoms with Crippen LogP contribution in [0.3, 0.4) is 0 Å². The second kappa shape index (κ2) is 18.5. The predicted octanol–water partition coefficient (Wildman–Crippen LogP) is 6.76. The van der Waals surface area contributed by atoms with Crippen molar-refractivity contribution < 1.29 is 27.7 Å². The number of hydrogen-bond donors (Lipinski definition) is 3. The maximum Gasteiger partial charge on any atom is 0.234 e. The molecule has 0 spiro atoms. The molecule has 1 atom stereocenters. The Balaban J connectivity index is 0.794. The first-order valence-electron chi connectivity index (χ1n) is 22.1. The van der Waals surface area contributed by atoms with Crippen LogP contribution >= 0.6 is 23.1 Å². The number of aryl methyl sites for hydroxylation is 1. The van der Waals surface area contributed by atoms with Gasteiger partial charge in [0.15, 0.2) is 0 Å². The van der Waals surface area contributed by atoms with Gasteiger partial charge in [0.1, 0.15) is 35.9 Å². The van der Waals surface area contributed by atoms with Gasteiger partial charge in [-0.15, -0.1) is 0 Å². The van der Waals surface area contributed by atoms with Gasteiger partial charge in [-0.25, -0.2) is 13.8 Å². The Labute approximate surface area is 385 Å². The van der Waals surface area contributed by atoms with Crippen molar-refractivity contribution in [3.05, 3.63) is 82.2 Å². The molecule has 3 N–H and O–H groups in total. The number of piperidine rings is 2. The molecule has 19 heteroatoms. The third-order valence-electron chi connectivity index (χ3n) is 13.2. The number of piperazine rings is 1. The molecule has 2 amide bonds. The van der Waals surface area contributed by atoms with Crippen molar-refractivity contribution in [3.8, 4) is 5.75 Å². The molecule has 65 heavy (non-hydrogen) atoms. The number of amides is 2. The Bertz CT molecular complexity index is 2660. The van der Waals surface area contributed by atoms with Gasteiger partial charge < -0.3 is 29.7 Å². The van der Waals surface area contributed by atoms with Crippen molar-refractivity contribution in [1.29, 1.82) is 0 Å². The molecule has 4 aliphatic heterocycles. The van der Waals surface area contributed by atoms with E-state index in [0.29, 0.717) is 74.9 Å². The lowest BCUT2D eigenvalue weighted by Crippen LogP contribution is -2.64. The molecular weight excluding hydrogens is 919 g/mol. The summed E-state index contributed by atoms with van der Waals surface area (Å²) in [6.07, 6.45) is 7.97. The minimum Gasteiger partial charge on any atom is -0.494 e. The first-order valence-corrected chi connectivity index (χ1v) is 25.5. The largest absolute Gasteiger partial charge is 0.494 e. The number of ether oxygens (including phenoxy) is 1. The number of rotatable bonds is 12. The van der Waals surface area contributed by atoms with E-state index in [4.69, 9.17) is 9.72 Å². The van der Waals surface area contributed by atoms with Gasteiger partial charge in [0.05, 0.1) is 39.7 Å². The molecule has 0 saturated carbocycles. The van der Waals surface area contributed by atoms with E-state index in [9.17, 15) is 14.2 Å². The van der Waals surface area contributed by atoms with Gasteiger partial charge in [-0.3, -0.25) is 34.7 Å². The molecule has 342 valence electrons. The maximum atomic E-state index is 15.2. The van der Waals surface area contributed by atoms with Gasteiger partial charge in [0, 0.05) is 112 Å². The van der Waals surface area contributed by atoms with Gasteiger partial charge in [0.2, 0.25) is 17.8 Å². The summed E-state index contributed by atoms with van der Waals surface area (Å²) in [6, 6.07) is 11.4. The molecule has 5 aromatic rings. The fraction of sp³-hybridized carbons (Fsp3) is 0.435. The first-order chi connectivity index (χ1) is 31.3. The smallest absolute Gasteiger partial charge is 0.234 e. The number of nitrogens with one attached hydrogen (secondary N) is 3. The minimum absolute atomic E-state index is 0.0614.